The zero-order chi connectivity index (χ0) is 13.3. The van der Waals surface area contributed by atoms with E-state index in [1.165, 1.54) is 6.07 Å². The Labute approximate surface area is 110 Å². The van der Waals surface area contributed by atoms with Crippen LogP contribution in [0.1, 0.15) is 23.3 Å². The van der Waals surface area contributed by atoms with Crippen LogP contribution < -0.4 is 5.56 Å². The summed E-state index contributed by atoms with van der Waals surface area (Å²) in [6.45, 7) is 2.41. The number of pyridine rings is 1. The highest BCUT2D eigenvalue weighted by Crippen LogP contribution is 2.31. The lowest BCUT2D eigenvalue weighted by atomic mass is 10.0. The highest BCUT2D eigenvalue weighted by atomic mass is 16.7. The first-order chi connectivity index (χ1) is 9.19. The van der Waals surface area contributed by atoms with Crippen LogP contribution in [0.5, 0.6) is 0 Å². The van der Waals surface area contributed by atoms with Crippen molar-refractivity contribution in [1.29, 1.82) is 0 Å². The Morgan fingerprint density at radius 1 is 1.21 bits per heavy atom. The molecule has 1 spiro atoms. The van der Waals surface area contributed by atoms with E-state index in [1.807, 2.05) is 0 Å². The highest BCUT2D eigenvalue weighted by molar-refractivity contribution is 5.92. The Hall–Kier alpha value is -1.66. The molecular weight excluding hydrogens is 248 g/mol. The van der Waals surface area contributed by atoms with E-state index in [0.29, 0.717) is 44.8 Å². The zero-order valence-corrected chi connectivity index (χ0v) is 10.6. The van der Waals surface area contributed by atoms with Crippen LogP contribution in [-0.2, 0) is 9.47 Å². The van der Waals surface area contributed by atoms with Crippen molar-refractivity contribution in [3.8, 4) is 0 Å². The van der Waals surface area contributed by atoms with Gasteiger partial charge in [0.05, 0.1) is 13.2 Å². The first-order valence-electron chi connectivity index (χ1n) is 6.45. The van der Waals surface area contributed by atoms with E-state index < -0.39 is 5.79 Å². The summed E-state index contributed by atoms with van der Waals surface area (Å²) in [6.07, 6.45) is 1.35. The fourth-order valence-corrected chi connectivity index (χ4v) is 2.58. The molecule has 1 amide bonds. The summed E-state index contributed by atoms with van der Waals surface area (Å²) in [5.74, 6) is -0.633. The predicted molar refractivity (Wildman–Crippen MR) is 66.8 cm³/mol. The van der Waals surface area contributed by atoms with E-state index >= 15 is 0 Å². The van der Waals surface area contributed by atoms with Crippen LogP contribution in [0, 0.1) is 0 Å². The van der Waals surface area contributed by atoms with E-state index in [0.717, 1.165) is 0 Å². The summed E-state index contributed by atoms with van der Waals surface area (Å²) in [4.78, 5) is 27.7. The molecule has 2 aliphatic heterocycles. The Balaban J connectivity index is 1.68. The molecule has 0 unspecified atom stereocenters. The second-order valence-corrected chi connectivity index (χ2v) is 4.83. The Morgan fingerprint density at radius 2 is 1.89 bits per heavy atom. The molecule has 0 saturated carbocycles. The second kappa shape index (κ2) is 4.79. The largest absolute Gasteiger partial charge is 0.347 e. The van der Waals surface area contributed by atoms with Crippen molar-refractivity contribution in [2.75, 3.05) is 26.3 Å². The lowest BCUT2D eigenvalue weighted by molar-refractivity contribution is -0.181. The molecule has 0 radical (unpaired) electrons. The van der Waals surface area contributed by atoms with Crippen molar-refractivity contribution in [3.63, 3.8) is 0 Å². The van der Waals surface area contributed by atoms with E-state index in [4.69, 9.17) is 9.47 Å². The molecule has 0 atom stereocenters. The monoisotopic (exact) mass is 264 g/mol. The SMILES string of the molecule is O=C(c1cccc(=O)[nH]1)N1CCC2(CC1)OCCO2. The number of nitrogens with one attached hydrogen (secondary N) is 1. The van der Waals surface area contributed by atoms with Crippen LogP contribution in [-0.4, -0.2) is 47.9 Å². The zero-order valence-electron chi connectivity index (χ0n) is 10.6. The van der Waals surface area contributed by atoms with Gasteiger partial charge in [-0.3, -0.25) is 9.59 Å². The summed E-state index contributed by atoms with van der Waals surface area (Å²) in [5.41, 5.74) is 0.0681. The number of likely N-dealkylation sites (tertiary alicyclic amines) is 1. The van der Waals surface area contributed by atoms with E-state index in [2.05, 4.69) is 4.98 Å². The molecule has 0 aromatic carbocycles. The highest BCUT2D eigenvalue weighted by Gasteiger charge is 2.40. The number of aromatic amines is 1. The molecule has 2 fully saturated rings. The number of ether oxygens (including phenoxy) is 2. The molecule has 6 heteroatoms. The number of H-pyrrole nitrogens is 1. The number of carbonyl (C=O) groups excluding carboxylic acids is 1. The maximum atomic E-state index is 12.2. The van der Waals surface area contributed by atoms with E-state index in [-0.39, 0.29) is 11.5 Å². The minimum atomic E-state index is -0.485. The van der Waals surface area contributed by atoms with Gasteiger partial charge < -0.3 is 19.4 Å². The van der Waals surface area contributed by atoms with Crippen molar-refractivity contribution in [3.05, 3.63) is 34.2 Å². The van der Waals surface area contributed by atoms with Gasteiger partial charge in [-0.2, -0.15) is 0 Å². The lowest BCUT2D eigenvalue weighted by Crippen LogP contribution is -2.47. The maximum Gasteiger partial charge on any atom is 0.270 e. The minimum Gasteiger partial charge on any atom is -0.347 e. The molecule has 3 rings (SSSR count). The van der Waals surface area contributed by atoms with Crippen LogP contribution >= 0.6 is 0 Å². The van der Waals surface area contributed by atoms with Crippen molar-refractivity contribution in [2.24, 2.45) is 0 Å². The van der Waals surface area contributed by atoms with Gasteiger partial charge >= 0.3 is 0 Å². The van der Waals surface area contributed by atoms with Crippen LogP contribution in [0.2, 0.25) is 0 Å². The third kappa shape index (κ3) is 2.41. The number of amides is 1. The maximum absolute atomic E-state index is 12.2. The Bertz CT molecular complexity index is 523. The molecule has 1 aromatic heterocycles. The first-order valence-corrected chi connectivity index (χ1v) is 6.45. The van der Waals surface area contributed by atoms with Crippen LogP contribution in [0.4, 0.5) is 0 Å². The van der Waals surface area contributed by atoms with Crippen LogP contribution in [0.15, 0.2) is 23.0 Å². The molecule has 0 bridgehead atoms. The first kappa shape index (κ1) is 12.4. The summed E-state index contributed by atoms with van der Waals surface area (Å²) < 4.78 is 11.2. The van der Waals surface area contributed by atoms with Gasteiger partial charge in [-0.05, 0) is 6.07 Å². The third-order valence-electron chi connectivity index (χ3n) is 3.62. The molecule has 2 aliphatic rings. The molecule has 19 heavy (non-hydrogen) atoms. The summed E-state index contributed by atoms with van der Waals surface area (Å²) in [6, 6.07) is 4.60. The fraction of sp³-hybridized carbons (Fsp3) is 0.538. The molecular formula is C13H16N2O4. The summed E-state index contributed by atoms with van der Waals surface area (Å²) in [7, 11) is 0. The van der Waals surface area contributed by atoms with Gasteiger partial charge in [-0.15, -0.1) is 0 Å². The van der Waals surface area contributed by atoms with Crippen molar-refractivity contribution >= 4 is 5.91 Å². The van der Waals surface area contributed by atoms with Gasteiger partial charge in [0.15, 0.2) is 5.79 Å². The number of nitrogens with zero attached hydrogens (tertiary/aromatic N) is 1. The molecule has 3 heterocycles. The second-order valence-electron chi connectivity index (χ2n) is 4.83. The van der Waals surface area contributed by atoms with Gasteiger partial charge in [0.1, 0.15) is 5.69 Å². The minimum absolute atomic E-state index is 0.148. The molecule has 1 N–H and O–H groups in total. The number of hydrogen-bond acceptors (Lipinski definition) is 4. The molecule has 1 aromatic rings. The Morgan fingerprint density at radius 3 is 2.53 bits per heavy atom. The van der Waals surface area contributed by atoms with Gasteiger partial charge in [0.2, 0.25) is 5.56 Å². The van der Waals surface area contributed by atoms with Crippen molar-refractivity contribution in [1.82, 2.24) is 9.88 Å². The number of carbonyl (C=O) groups is 1. The van der Waals surface area contributed by atoms with Gasteiger partial charge in [-0.25, -0.2) is 0 Å². The quantitative estimate of drug-likeness (QED) is 0.794. The van der Waals surface area contributed by atoms with E-state index in [1.54, 1.807) is 17.0 Å². The summed E-state index contributed by atoms with van der Waals surface area (Å²) in [5, 5.41) is 0. The smallest absolute Gasteiger partial charge is 0.270 e. The number of hydrogen-bond donors (Lipinski definition) is 1. The van der Waals surface area contributed by atoms with Crippen molar-refractivity contribution < 1.29 is 14.3 Å². The lowest BCUT2D eigenvalue weighted by Gasteiger charge is -2.37. The van der Waals surface area contributed by atoms with Crippen molar-refractivity contribution in [2.45, 2.75) is 18.6 Å². The van der Waals surface area contributed by atoms with Gasteiger partial charge in [-0.1, -0.05) is 6.07 Å². The van der Waals surface area contributed by atoms with Gasteiger partial charge in [0.25, 0.3) is 5.91 Å². The number of piperidine rings is 1. The molecule has 6 nitrogen and oxygen atoms in total. The fourth-order valence-electron chi connectivity index (χ4n) is 2.58. The topological polar surface area (TPSA) is 71.6 Å². The molecule has 0 aliphatic carbocycles. The Kier molecular flexibility index (Phi) is 3.12. The number of rotatable bonds is 1. The normalized spacial score (nSPS) is 21.8. The third-order valence-corrected chi connectivity index (χ3v) is 3.62. The number of aromatic nitrogens is 1. The van der Waals surface area contributed by atoms with Crippen LogP contribution in [0.3, 0.4) is 0 Å². The average Bonchev–Trinajstić information content (AvgIpc) is 2.87. The average molecular weight is 264 g/mol. The predicted octanol–water partition coefficient (Wildman–Crippen LogP) is 0.354. The van der Waals surface area contributed by atoms with E-state index in [9.17, 15) is 9.59 Å². The van der Waals surface area contributed by atoms with Crippen LogP contribution in [0.25, 0.3) is 0 Å². The van der Waals surface area contributed by atoms with Gasteiger partial charge in [0, 0.05) is 32.0 Å². The summed E-state index contributed by atoms with van der Waals surface area (Å²) >= 11 is 0. The standard InChI is InChI=1S/C13H16N2O4/c16-11-3-1-2-10(14-11)12(17)15-6-4-13(5-7-15)18-8-9-19-13/h1-3H,4-9H2,(H,14,16). The molecule has 2 saturated heterocycles. The molecule has 102 valence electrons.